The fraction of sp³-hybridized carbons (Fsp3) is 0.600. The van der Waals surface area contributed by atoms with E-state index < -0.39 is 12.0 Å². The first kappa shape index (κ1) is 14.1. The predicted octanol–water partition coefficient (Wildman–Crippen LogP) is 0.522. The lowest BCUT2D eigenvalue weighted by Gasteiger charge is -2.20. The Morgan fingerprint density at radius 1 is 1.65 bits per heavy atom. The minimum Gasteiger partial charge on any atom is -0.480 e. The Labute approximate surface area is 109 Å². The number of terminal acetylenes is 1. The van der Waals surface area contributed by atoms with E-state index in [0.29, 0.717) is 23.9 Å². The van der Waals surface area contributed by atoms with E-state index >= 15 is 0 Å². The van der Waals surface area contributed by atoms with Gasteiger partial charge in [-0.3, -0.25) is 0 Å². The van der Waals surface area contributed by atoms with Crippen LogP contribution in [-0.2, 0) is 4.79 Å². The maximum Gasteiger partial charge on any atom is 0.327 e. The highest BCUT2D eigenvalue weighted by Gasteiger charge is 2.34. The molecule has 7 heteroatoms. The van der Waals surface area contributed by atoms with Crippen LogP contribution in [0, 0.1) is 12.3 Å². The third kappa shape index (κ3) is 4.40. The molecule has 0 aromatic carbocycles. The number of nitrogens with zero attached hydrogens (tertiary/aromatic N) is 1. The molecule has 0 radical (unpaired) electrons. The summed E-state index contributed by atoms with van der Waals surface area (Å²) in [5.41, 5.74) is 0. The molecule has 2 amide bonds. The molecule has 0 saturated carbocycles. The Kier molecular flexibility index (Phi) is 6.08. The van der Waals surface area contributed by atoms with E-state index in [4.69, 9.17) is 11.5 Å². The monoisotopic (exact) mass is 274 g/mol. The topological polar surface area (TPSA) is 69.6 Å². The molecule has 5 nitrogen and oxygen atoms in total. The molecule has 0 spiro atoms. The van der Waals surface area contributed by atoms with Gasteiger partial charge in [-0.05, 0) is 0 Å². The summed E-state index contributed by atoms with van der Waals surface area (Å²) in [6.07, 6.45) is 5.09. The summed E-state index contributed by atoms with van der Waals surface area (Å²) in [6.45, 7) is 0.499. The molecule has 0 aromatic rings. The predicted molar refractivity (Wildman–Crippen MR) is 70.1 cm³/mol. The molecular formula is C10H14N2O3S2. The van der Waals surface area contributed by atoms with Crippen molar-refractivity contribution >= 4 is 35.5 Å². The molecular weight excluding hydrogens is 260 g/mol. The Morgan fingerprint density at radius 2 is 2.41 bits per heavy atom. The maximum absolute atomic E-state index is 11.7. The lowest BCUT2D eigenvalue weighted by molar-refractivity contribution is -0.140. The number of hydrogen-bond donors (Lipinski definition) is 2. The van der Waals surface area contributed by atoms with Crippen molar-refractivity contribution in [2.75, 3.05) is 29.7 Å². The molecule has 17 heavy (non-hydrogen) atoms. The number of carbonyl (C=O) groups excluding carboxylic acids is 1. The molecule has 0 aromatic heterocycles. The second kappa shape index (κ2) is 7.35. The van der Waals surface area contributed by atoms with Crippen LogP contribution < -0.4 is 5.32 Å². The quantitative estimate of drug-likeness (QED) is 0.565. The van der Waals surface area contributed by atoms with Crippen molar-refractivity contribution in [3.8, 4) is 12.3 Å². The van der Waals surface area contributed by atoms with E-state index in [9.17, 15) is 9.59 Å². The van der Waals surface area contributed by atoms with E-state index in [-0.39, 0.29) is 6.03 Å². The van der Waals surface area contributed by atoms with Gasteiger partial charge in [0.05, 0.1) is 11.6 Å². The van der Waals surface area contributed by atoms with Gasteiger partial charge in [0.15, 0.2) is 0 Å². The lowest BCUT2D eigenvalue weighted by atomic mass is 10.3. The highest BCUT2D eigenvalue weighted by molar-refractivity contribution is 7.99. The standard InChI is InChI=1S/C10H14N2O3S2/c1-2-4-16-5-3-11-10(15)12-7-17-6-8(12)9(13)14/h1,8H,3-7H2,(H,11,15)(H,13,14)/t8-/m0/s1. The van der Waals surface area contributed by atoms with Crippen LogP contribution >= 0.6 is 23.5 Å². The molecule has 1 aliphatic heterocycles. The summed E-state index contributed by atoms with van der Waals surface area (Å²) >= 11 is 3.00. The molecule has 1 heterocycles. The largest absolute Gasteiger partial charge is 0.480 e. The second-order valence-electron chi connectivity index (χ2n) is 3.31. The minimum absolute atomic E-state index is 0.316. The average Bonchev–Trinajstić information content (AvgIpc) is 2.77. The number of carbonyl (C=O) groups is 2. The van der Waals surface area contributed by atoms with Crippen LogP contribution in [0.1, 0.15) is 0 Å². The Balaban J connectivity index is 2.27. The van der Waals surface area contributed by atoms with Crippen LogP contribution in [-0.4, -0.2) is 57.7 Å². The molecule has 1 aliphatic rings. The second-order valence-corrected chi connectivity index (χ2v) is 5.42. The number of amides is 2. The van der Waals surface area contributed by atoms with E-state index in [2.05, 4.69) is 11.2 Å². The first-order chi connectivity index (χ1) is 8.16. The number of aliphatic carboxylic acids is 1. The van der Waals surface area contributed by atoms with Gasteiger partial charge >= 0.3 is 12.0 Å². The maximum atomic E-state index is 11.7. The number of thioether (sulfide) groups is 2. The molecule has 0 unspecified atom stereocenters. The zero-order valence-electron chi connectivity index (χ0n) is 9.22. The van der Waals surface area contributed by atoms with Crippen LogP contribution in [0.2, 0.25) is 0 Å². The number of rotatable bonds is 5. The van der Waals surface area contributed by atoms with Crippen LogP contribution in [0.4, 0.5) is 4.79 Å². The van der Waals surface area contributed by atoms with Crippen molar-refractivity contribution in [1.82, 2.24) is 10.2 Å². The summed E-state index contributed by atoms with van der Waals surface area (Å²) in [5, 5.41) is 11.6. The van der Waals surface area contributed by atoms with Crippen molar-refractivity contribution in [1.29, 1.82) is 0 Å². The number of carboxylic acids is 1. The van der Waals surface area contributed by atoms with Gasteiger partial charge in [0.1, 0.15) is 6.04 Å². The van der Waals surface area contributed by atoms with Crippen LogP contribution in [0.3, 0.4) is 0 Å². The van der Waals surface area contributed by atoms with Gasteiger partial charge in [0.25, 0.3) is 0 Å². The zero-order chi connectivity index (χ0) is 12.7. The fourth-order valence-electron chi connectivity index (χ4n) is 1.31. The molecule has 1 saturated heterocycles. The lowest BCUT2D eigenvalue weighted by Crippen LogP contribution is -2.47. The number of urea groups is 1. The Morgan fingerprint density at radius 3 is 3.06 bits per heavy atom. The molecule has 2 N–H and O–H groups in total. The van der Waals surface area contributed by atoms with Crippen LogP contribution in [0.25, 0.3) is 0 Å². The third-order valence-electron chi connectivity index (χ3n) is 2.14. The number of nitrogens with one attached hydrogen (secondary N) is 1. The first-order valence-electron chi connectivity index (χ1n) is 5.03. The molecule has 1 rings (SSSR count). The van der Waals surface area contributed by atoms with Gasteiger partial charge in [0.2, 0.25) is 0 Å². The average molecular weight is 274 g/mol. The smallest absolute Gasteiger partial charge is 0.327 e. The number of hydrogen-bond acceptors (Lipinski definition) is 4. The summed E-state index contributed by atoms with van der Waals surface area (Å²) < 4.78 is 0. The molecule has 0 bridgehead atoms. The summed E-state index contributed by atoms with van der Waals surface area (Å²) in [6, 6.07) is -1.03. The summed E-state index contributed by atoms with van der Waals surface area (Å²) in [4.78, 5) is 23.9. The van der Waals surface area contributed by atoms with Crippen molar-refractivity contribution in [2.24, 2.45) is 0 Å². The molecule has 94 valence electrons. The van der Waals surface area contributed by atoms with Crippen LogP contribution in [0.5, 0.6) is 0 Å². The molecule has 1 atom stereocenters. The molecule has 1 fully saturated rings. The highest BCUT2D eigenvalue weighted by Crippen LogP contribution is 2.20. The SMILES string of the molecule is C#CCSCCNC(=O)N1CSC[C@H]1C(=O)O. The van der Waals surface area contributed by atoms with Gasteiger partial charge in [-0.15, -0.1) is 29.9 Å². The van der Waals surface area contributed by atoms with Crippen molar-refractivity contribution in [3.63, 3.8) is 0 Å². The van der Waals surface area contributed by atoms with Gasteiger partial charge < -0.3 is 15.3 Å². The van der Waals surface area contributed by atoms with Crippen LogP contribution in [0.15, 0.2) is 0 Å². The van der Waals surface area contributed by atoms with E-state index in [1.165, 1.54) is 16.7 Å². The normalized spacial score (nSPS) is 18.8. The van der Waals surface area contributed by atoms with E-state index in [1.54, 1.807) is 11.8 Å². The van der Waals surface area contributed by atoms with E-state index in [0.717, 1.165) is 5.75 Å². The van der Waals surface area contributed by atoms with Crippen molar-refractivity contribution in [3.05, 3.63) is 0 Å². The third-order valence-corrected chi connectivity index (χ3v) is 4.01. The Hall–Kier alpha value is -1.00. The zero-order valence-corrected chi connectivity index (χ0v) is 10.9. The van der Waals surface area contributed by atoms with Crippen molar-refractivity contribution < 1.29 is 14.7 Å². The van der Waals surface area contributed by atoms with Gasteiger partial charge in [-0.1, -0.05) is 5.92 Å². The van der Waals surface area contributed by atoms with Crippen molar-refractivity contribution in [2.45, 2.75) is 6.04 Å². The fourth-order valence-corrected chi connectivity index (χ4v) is 2.96. The summed E-state index contributed by atoms with van der Waals surface area (Å²) in [7, 11) is 0. The highest BCUT2D eigenvalue weighted by atomic mass is 32.2. The molecule has 0 aliphatic carbocycles. The van der Waals surface area contributed by atoms with E-state index in [1.807, 2.05) is 0 Å². The Bertz CT molecular complexity index is 330. The van der Waals surface area contributed by atoms with Gasteiger partial charge in [-0.2, -0.15) is 0 Å². The van der Waals surface area contributed by atoms with Gasteiger partial charge in [-0.25, -0.2) is 9.59 Å². The first-order valence-corrected chi connectivity index (χ1v) is 7.34. The van der Waals surface area contributed by atoms with Gasteiger partial charge in [0, 0.05) is 18.1 Å². The number of carboxylic acid groups (broad SMARTS) is 1. The minimum atomic E-state index is -0.952. The summed E-state index contributed by atoms with van der Waals surface area (Å²) in [5.74, 6) is 3.77.